The molecule has 1 aliphatic heterocycles. The molecule has 1 fully saturated rings. The zero-order valence-corrected chi connectivity index (χ0v) is 13.0. The van der Waals surface area contributed by atoms with Gasteiger partial charge < -0.3 is 9.80 Å². The van der Waals surface area contributed by atoms with E-state index in [9.17, 15) is 0 Å². The molecule has 2 heteroatoms. The molecule has 0 aromatic heterocycles. The lowest BCUT2D eigenvalue weighted by Crippen LogP contribution is -3.28. The van der Waals surface area contributed by atoms with Crippen LogP contribution in [0.1, 0.15) is 17.2 Å². The Balaban J connectivity index is 1.83. The number of terminal acetylenes is 1. The number of rotatable bonds is 4. The van der Waals surface area contributed by atoms with Crippen LogP contribution in [0.5, 0.6) is 0 Å². The van der Waals surface area contributed by atoms with Crippen molar-refractivity contribution in [3.05, 3.63) is 71.8 Å². The quantitative estimate of drug-likeness (QED) is 0.745. The van der Waals surface area contributed by atoms with E-state index in [-0.39, 0.29) is 0 Å². The molecule has 0 bridgehead atoms. The van der Waals surface area contributed by atoms with Gasteiger partial charge in [0.1, 0.15) is 38.8 Å². The van der Waals surface area contributed by atoms with Crippen molar-refractivity contribution >= 4 is 0 Å². The highest BCUT2D eigenvalue weighted by atomic mass is 15.3. The molecular formula is C20H24N2+2. The maximum absolute atomic E-state index is 5.46. The molecule has 1 heterocycles. The van der Waals surface area contributed by atoms with E-state index in [0.717, 1.165) is 19.6 Å². The van der Waals surface area contributed by atoms with Crippen LogP contribution in [-0.4, -0.2) is 32.7 Å². The molecule has 1 aliphatic rings. The van der Waals surface area contributed by atoms with E-state index in [1.807, 2.05) is 0 Å². The standard InChI is InChI=1S/C20H22N2/c1-2-13-21-14-16-22(17-15-21)20(18-9-5-3-6-10-18)19-11-7-4-8-12-19/h1,3-12,20H,13-17H2/p+2. The zero-order chi connectivity index (χ0) is 15.2. The van der Waals surface area contributed by atoms with E-state index in [1.165, 1.54) is 24.2 Å². The highest BCUT2D eigenvalue weighted by Crippen LogP contribution is 2.18. The first-order chi connectivity index (χ1) is 10.9. The van der Waals surface area contributed by atoms with Crippen LogP contribution in [0, 0.1) is 12.3 Å². The Hall–Kier alpha value is -2.08. The number of piperazine rings is 1. The monoisotopic (exact) mass is 292 g/mol. The second-order valence-electron chi connectivity index (χ2n) is 6.04. The molecule has 0 saturated carbocycles. The van der Waals surface area contributed by atoms with Gasteiger partial charge in [0.05, 0.1) is 0 Å². The van der Waals surface area contributed by atoms with Crippen LogP contribution >= 0.6 is 0 Å². The maximum Gasteiger partial charge on any atom is 0.139 e. The summed E-state index contributed by atoms with van der Waals surface area (Å²) in [5, 5.41) is 0. The number of nitrogens with one attached hydrogen (secondary N) is 2. The average molecular weight is 292 g/mol. The molecule has 3 rings (SSSR count). The minimum Gasteiger partial charge on any atom is -0.316 e. The minimum absolute atomic E-state index is 0.426. The second-order valence-corrected chi connectivity index (χ2v) is 6.04. The Bertz CT molecular complexity index is 568. The van der Waals surface area contributed by atoms with Gasteiger partial charge in [0.15, 0.2) is 0 Å². The molecule has 2 N–H and O–H groups in total. The summed E-state index contributed by atoms with van der Waals surface area (Å²) in [5.41, 5.74) is 2.81. The second kappa shape index (κ2) is 7.26. The van der Waals surface area contributed by atoms with Crippen LogP contribution in [0.3, 0.4) is 0 Å². The van der Waals surface area contributed by atoms with Crippen molar-refractivity contribution in [1.29, 1.82) is 0 Å². The summed E-state index contributed by atoms with van der Waals surface area (Å²) in [6.45, 7) is 5.52. The van der Waals surface area contributed by atoms with Gasteiger partial charge in [-0.1, -0.05) is 60.7 Å². The molecule has 0 amide bonds. The lowest BCUT2D eigenvalue weighted by Gasteiger charge is -2.34. The maximum atomic E-state index is 5.46. The van der Waals surface area contributed by atoms with Gasteiger partial charge in [-0.2, -0.15) is 0 Å². The highest BCUT2D eigenvalue weighted by molar-refractivity contribution is 5.29. The first-order valence-electron chi connectivity index (χ1n) is 8.10. The molecule has 0 atom stereocenters. The Labute approximate surface area is 133 Å². The van der Waals surface area contributed by atoms with Gasteiger partial charge >= 0.3 is 0 Å². The normalized spacial score (nSPS) is 21.5. The van der Waals surface area contributed by atoms with Crippen LogP contribution in [0.15, 0.2) is 60.7 Å². The number of hydrogen-bond donors (Lipinski definition) is 2. The molecule has 2 aromatic carbocycles. The van der Waals surface area contributed by atoms with E-state index in [2.05, 4.69) is 66.6 Å². The van der Waals surface area contributed by atoms with Crippen LogP contribution in [0.2, 0.25) is 0 Å². The molecule has 0 aliphatic carbocycles. The zero-order valence-electron chi connectivity index (χ0n) is 13.0. The Morgan fingerprint density at radius 1 is 0.818 bits per heavy atom. The molecule has 0 unspecified atom stereocenters. The van der Waals surface area contributed by atoms with Crippen molar-refractivity contribution in [3.63, 3.8) is 0 Å². The molecule has 2 nitrogen and oxygen atoms in total. The van der Waals surface area contributed by atoms with E-state index in [1.54, 1.807) is 9.80 Å². The topological polar surface area (TPSA) is 8.88 Å². The van der Waals surface area contributed by atoms with E-state index in [4.69, 9.17) is 6.42 Å². The molecule has 0 radical (unpaired) electrons. The van der Waals surface area contributed by atoms with E-state index < -0.39 is 0 Å². The van der Waals surface area contributed by atoms with Crippen molar-refractivity contribution < 1.29 is 9.80 Å². The predicted octanol–water partition coefficient (Wildman–Crippen LogP) is 0.193. The Morgan fingerprint density at radius 3 is 1.77 bits per heavy atom. The molecule has 2 aromatic rings. The summed E-state index contributed by atoms with van der Waals surface area (Å²) in [6, 6.07) is 22.2. The fourth-order valence-electron chi connectivity index (χ4n) is 3.49. The van der Waals surface area contributed by atoms with Crippen molar-refractivity contribution in [2.75, 3.05) is 32.7 Å². The SMILES string of the molecule is C#CC[NH+]1CC[NH+](C(c2ccccc2)c2ccccc2)CC1. The lowest BCUT2D eigenvalue weighted by molar-refractivity contribution is -1.02. The highest BCUT2D eigenvalue weighted by Gasteiger charge is 2.31. The number of benzene rings is 2. The van der Waals surface area contributed by atoms with Gasteiger partial charge in [0.25, 0.3) is 0 Å². The van der Waals surface area contributed by atoms with Gasteiger partial charge in [-0.05, 0) is 5.92 Å². The van der Waals surface area contributed by atoms with Gasteiger partial charge in [-0.15, -0.1) is 6.42 Å². The summed E-state index contributed by atoms with van der Waals surface area (Å²) in [4.78, 5) is 3.20. The Kier molecular flexibility index (Phi) is 4.90. The van der Waals surface area contributed by atoms with Crippen molar-refractivity contribution in [1.82, 2.24) is 0 Å². The number of hydrogen-bond acceptors (Lipinski definition) is 0. The molecular weight excluding hydrogens is 268 g/mol. The van der Waals surface area contributed by atoms with Crippen LogP contribution in [0.25, 0.3) is 0 Å². The first-order valence-corrected chi connectivity index (χ1v) is 8.10. The average Bonchev–Trinajstić information content (AvgIpc) is 2.59. The molecule has 1 saturated heterocycles. The van der Waals surface area contributed by atoms with E-state index >= 15 is 0 Å². The van der Waals surface area contributed by atoms with Crippen molar-refractivity contribution in [2.45, 2.75) is 6.04 Å². The largest absolute Gasteiger partial charge is 0.316 e. The van der Waals surface area contributed by atoms with Crippen LogP contribution in [0.4, 0.5) is 0 Å². The molecule has 0 spiro atoms. The minimum atomic E-state index is 0.426. The smallest absolute Gasteiger partial charge is 0.139 e. The molecule has 112 valence electrons. The van der Waals surface area contributed by atoms with Crippen molar-refractivity contribution in [3.8, 4) is 12.3 Å². The summed E-state index contributed by atoms with van der Waals surface area (Å²) >= 11 is 0. The number of quaternary nitrogens is 2. The molecule has 22 heavy (non-hydrogen) atoms. The first kappa shape index (κ1) is 14.8. The Morgan fingerprint density at radius 2 is 1.32 bits per heavy atom. The van der Waals surface area contributed by atoms with Crippen LogP contribution in [-0.2, 0) is 0 Å². The van der Waals surface area contributed by atoms with Gasteiger partial charge in [-0.3, -0.25) is 0 Å². The van der Waals surface area contributed by atoms with E-state index in [0.29, 0.717) is 6.04 Å². The summed E-state index contributed by atoms with van der Waals surface area (Å²) in [7, 11) is 0. The third-order valence-electron chi connectivity index (χ3n) is 4.63. The third kappa shape index (κ3) is 3.39. The predicted molar refractivity (Wildman–Crippen MR) is 89.8 cm³/mol. The lowest BCUT2D eigenvalue weighted by atomic mass is 9.96. The van der Waals surface area contributed by atoms with Crippen molar-refractivity contribution in [2.24, 2.45) is 0 Å². The summed E-state index contributed by atoms with van der Waals surface area (Å²) in [6.07, 6.45) is 5.46. The summed E-state index contributed by atoms with van der Waals surface area (Å²) in [5.74, 6) is 2.80. The fraction of sp³-hybridized carbons (Fsp3) is 0.300. The third-order valence-corrected chi connectivity index (χ3v) is 4.63. The van der Waals surface area contributed by atoms with Gasteiger partial charge in [0.2, 0.25) is 0 Å². The van der Waals surface area contributed by atoms with Crippen LogP contribution < -0.4 is 9.80 Å². The van der Waals surface area contributed by atoms with Gasteiger partial charge in [0, 0.05) is 11.1 Å². The van der Waals surface area contributed by atoms with Gasteiger partial charge in [-0.25, -0.2) is 0 Å². The summed E-state index contributed by atoms with van der Waals surface area (Å²) < 4.78 is 0. The fourth-order valence-corrected chi connectivity index (χ4v) is 3.49.